The number of nitrogens with one attached hydrogen (secondary N) is 1. The molecule has 0 radical (unpaired) electrons. The van der Waals surface area contributed by atoms with Crippen molar-refractivity contribution >= 4 is 16.5 Å². The van der Waals surface area contributed by atoms with Crippen molar-refractivity contribution in [3.63, 3.8) is 0 Å². The van der Waals surface area contributed by atoms with Gasteiger partial charge in [-0.2, -0.15) is 0 Å². The van der Waals surface area contributed by atoms with Gasteiger partial charge >= 0.3 is 0 Å². The number of likely N-dealkylation sites (N-methyl/N-ethyl adjacent to an activating group) is 1. The lowest BCUT2D eigenvalue weighted by atomic mass is 9.84. The van der Waals surface area contributed by atoms with E-state index in [2.05, 4.69) is 47.8 Å². The lowest BCUT2D eigenvalue weighted by Gasteiger charge is -2.33. The fourth-order valence-corrected chi connectivity index (χ4v) is 3.19. The number of para-hydroxylation sites is 1. The molecular weight excluding hydrogens is 260 g/mol. The number of nitrogens with zero attached hydrogens (tertiary/aromatic N) is 1. The lowest BCUT2D eigenvalue weighted by Crippen LogP contribution is -2.33. The lowest BCUT2D eigenvalue weighted by molar-refractivity contribution is 0.293. The summed E-state index contributed by atoms with van der Waals surface area (Å²) >= 11 is 0. The highest BCUT2D eigenvalue weighted by atomic mass is 16.2. The Morgan fingerprint density at radius 2 is 2.29 bits per heavy atom. The highest BCUT2D eigenvalue weighted by molar-refractivity contribution is 5.85. The van der Waals surface area contributed by atoms with Gasteiger partial charge in [0.25, 0.3) is 0 Å². The number of hydrogen-bond acceptors (Lipinski definition) is 2. The maximum absolute atomic E-state index is 9.26. The summed E-state index contributed by atoms with van der Waals surface area (Å²) in [4.78, 5) is 5.75. The molecule has 0 unspecified atom stereocenters. The second-order valence-electron chi connectivity index (χ2n) is 5.84. The first-order valence-electron chi connectivity index (χ1n) is 7.44. The van der Waals surface area contributed by atoms with E-state index in [4.69, 9.17) is 0 Å². The Morgan fingerprint density at radius 1 is 1.48 bits per heavy atom. The summed E-state index contributed by atoms with van der Waals surface area (Å²) in [6.45, 7) is 6.40. The van der Waals surface area contributed by atoms with Crippen LogP contribution < -0.4 is 0 Å². The number of aliphatic hydroxyl groups is 1. The first kappa shape index (κ1) is 14.1. The molecule has 0 spiro atoms. The quantitative estimate of drug-likeness (QED) is 0.849. The maximum Gasteiger partial charge on any atom is 0.0615 e. The van der Waals surface area contributed by atoms with E-state index in [1.54, 1.807) is 0 Å². The topological polar surface area (TPSA) is 39.3 Å². The second kappa shape index (κ2) is 5.88. The van der Waals surface area contributed by atoms with E-state index in [9.17, 15) is 5.11 Å². The monoisotopic (exact) mass is 282 g/mol. The standard InChI is InChI=1S/C18H22N2O/c1-13(16-7-9-20(2)12-15(16)8-10-21)18-11-14-5-3-4-6-17(14)19-18/h3-6,8,11,16,19,21H,1,7,9-10,12H2,2H3/b15-8+/t16-/m1/s1. The molecule has 0 bridgehead atoms. The van der Waals surface area contributed by atoms with E-state index in [0.29, 0.717) is 5.92 Å². The van der Waals surface area contributed by atoms with Gasteiger partial charge in [-0.05, 0) is 43.1 Å². The van der Waals surface area contributed by atoms with Crippen molar-refractivity contribution < 1.29 is 5.11 Å². The number of rotatable bonds is 3. The molecule has 110 valence electrons. The third kappa shape index (κ3) is 2.80. The van der Waals surface area contributed by atoms with E-state index < -0.39 is 0 Å². The summed E-state index contributed by atoms with van der Waals surface area (Å²) in [6.07, 6.45) is 2.99. The molecule has 2 N–H and O–H groups in total. The molecule has 1 aromatic heterocycles. The number of likely N-dealkylation sites (tertiary alicyclic amines) is 1. The number of H-pyrrole nitrogens is 1. The van der Waals surface area contributed by atoms with Crippen LogP contribution in [-0.4, -0.2) is 41.7 Å². The number of fused-ring (bicyclic) bond motifs is 1. The molecule has 1 saturated heterocycles. The molecule has 2 aromatic rings. The summed E-state index contributed by atoms with van der Waals surface area (Å²) < 4.78 is 0. The summed E-state index contributed by atoms with van der Waals surface area (Å²) in [7, 11) is 2.12. The van der Waals surface area contributed by atoms with Crippen LogP contribution >= 0.6 is 0 Å². The molecule has 1 aromatic carbocycles. The molecule has 3 nitrogen and oxygen atoms in total. The van der Waals surface area contributed by atoms with E-state index >= 15 is 0 Å². The first-order chi connectivity index (χ1) is 10.2. The number of aliphatic hydroxyl groups excluding tert-OH is 1. The summed E-state index contributed by atoms with van der Waals surface area (Å²) in [5, 5.41) is 10.5. The van der Waals surface area contributed by atoms with Crippen LogP contribution in [0, 0.1) is 5.92 Å². The largest absolute Gasteiger partial charge is 0.392 e. The van der Waals surface area contributed by atoms with E-state index in [1.165, 1.54) is 11.0 Å². The van der Waals surface area contributed by atoms with Crippen LogP contribution in [-0.2, 0) is 0 Å². The van der Waals surface area contributed by atoms with E-state index in [-0.39, 0.29) is 6.61 Å². The van der Waals surface area contributed by atoms with Crippen molar-refractivity contribution in [3.05, 3.63) is 54.3 Å². The Bertz CT molecular complexity index is 650. The molecule has 0 amide bonds. The minimum atomic E-state index is 0.0969. The third-order valence-electron chi connectivity index (χ3n) is 4.35. The molecule has 1 fully saturated rings. The predicted octanol–water partition coefficient (Wildman–Crippen LogP) is 3.05. The third-order valence-corrected chi connectivity index (χ3v) is 4.35. The van der Waals surface area contributed by atoms with E-state index in [1.807, 2.05) is 12.1 Å². The zero-order valence-corrected chi connectivity index (χ0v) is 12.5. The Labute approximate surface area is 125 Å². The summed E-state index contributed by atoms with van der Waals surface area (Å²) in [5.74, 6) is 0.321. The van der Waals surface area contributed by atoms with Gasteiger partial charge in [-0.15, -0.1) is 0 Å². The minimum Gasteiger partial charge on any atom is -0.392 e. The molecule has 0 aliphatic carbocycles. The van der Waals surface area contributed by atoms with Crippen LogP contribution in [0.25, 0.3) is 16.5 Å². The van der Waals surface area contributed by atoms with Crippen LogP contribution in [0.3, 0.4) is 0 Å². The normalized spacial score (nSPS) is 22.0. The number of hydrogen-bond donors (Lipinski definition) is 2. The first-order valence-corrected chi connectivity index (χ1v) is 7.44. The SMILES string of the molecule is C=C(c1cc2ccccc2[nH]1)[C@H]1CCN(C)C/C1=C\CO. The number of allylic oxidation sites excluding steroid dienone is 1. The summed E-state index contributed by atoms with van der Waals surface area (Å²) in [5.41, 5.74) is 4.65. The molecule has 2 heterocycles. The van der Waals surface area contributed by atoms with Crippen LogP contribution in [0.15, 0.2) is 48.6 Å². The molecule has 3 heteroatoms. The predicted molar refractivity (Wildman–Crippen MR) is 88.1 cm³/mol. The van der Waals surface area contributed by atoms with Crippen LogP contribution in [0.5, 0.6) is 0 Å². The van der Waals surface area contributed by atoms with Crippen molar-refractivity contribution in [2.75, 3.05) is 26.7 Å². The second-order valence-corrected chi connectivity index (χ2v) is 5.84. The summed E-state index contributed by atoms with van der Waals surface area (Å²) in [6, 6.07) is 10.5. The van der Waals surface area contributed by atoms with Crippen LogP contribution in [0.4, 0.5) is 0 Å². The maximum atomic E-state index is 9.26. The Kier molecular flexibility index (Phi) is 3.95. The molecular formula is C18H22N2O. The van der Waals surface area contributed by atoms with Crippen molar-refractivity contribution in [2.45, 2.75) is 6.42 Å². The Morgan fingerprint density at radius 3 is 3.05 bits per heavy atom. The van der Waals surface area contributed by atoms with Crippen molar-refractivity contribution in [2.24, 2.45) is 5.92 Å². The fourth-order valence-electron chi connectivity index (χ4n) is 3.19. The van der Waals surface area contributed by atoms with Crippen molar-refractivity contribution in [1.82, 2.24) is 9.88 Å². The van der Waals surface area contributed by atoms with Gasteiger partial charge in [-0.1, -0.05) is 36.4 Å². The molecule has 1 aliphatic heterocycles. The minimum absolute atomic E-state index is 0.0969. The molecule has 0 saturated carbocycles. The average Bonchev–Trinajstić information content (AvgIpc) is 2.91. The number of aromatic amines is 1. The molecule has 1 aliphatic rings. The van der Waals surface area contributed by atoms with Gasteiger partial charge in [-0.25, -0.2) is 0 Å². The van der Waals surface area contributed by atoms with Gasteiger partial charge in [-0.3, -0.25) is 0 Å². The highest BCUT2D eigenvalue weighted by Crippen LogP contribution is 2.34. The van der Waals surface area contributed by atoms with Gasteiger partial charge in [0, 0.05) is 23.7 Å². The van der Waals surface area contributed by atoms with Crippen molar-refractivity contribution in [3.8, 4) is 0 Å². The number of benzene rings is 1. The fraction of sp³-hybridized carbons (Fsp3) is 0.333. The highest BCUT2D eigenvalue weighted by Gasteiger charge is 2.25. The Hall–Kier alpha value is -1.84. The van der Waals surface area contributed by atoms with Gasteiger partial charge in [0.05, 0.1) is 6.61 Å². The molecule has 3 rings (SSSR count). The van der Waals surface area contributed by atoms with Crippen LogP contribution in [0.2, 0.25) is 0 Å². The molecule has 1 atom stereocenters. The zero-order chi connectivity index (χ0) is 14.8. The van der Waals surface area contributed by atoms with Gasteiger partial charge in [0.2, 0.25) is 0 Å². The molecule has 21 heavy (non-hydrogen) atoms. The van der Waals surface area contributed by atoms with Crippen molar-refractivity contribution in [1.29, 1.82) is 0 Å². The van der Waals surface area contributed by atoms with Crippen LogP contribution in [0.1, 0.15) is 12.1 Å². The smallest absolute Gasteiger partial charge is 0.0615 e. The zero-order valence-electron chi connectivity index (χ0n) is 12.5. The Balaban J connectivity index is 1.91. The van der Waals surface area contributed by atoms with Gasteiger partial charge < -0.3 is 15.0 Å². The number of piperidine rings is 1. The van der Waals surface area contributed by atoms with Gasteiger partial charge in [0.1, 0.15) is 0 Å². The van der Waals surface area contributed by atoms with E-state index in [0.717, 1.165) is 36.3 Å². The average molecular weight is 282 g/mol. The van der Waals surface area contributed by atoms with Gasteiger partial charge in [0.15, 0.2) is 0 Å². The number of aromatic nitrogens is 1.